The fraction of sp³-hybridized carbons (Fsp3) is 1.00. The predicted octanol–water partition coefficient (Wildman–Crippen LogP) is 6.81. The zero-order valence-corrected chi connectivity index (χ0v) is 18.3. The van der Waals surface area contributed by atoms with Crippen LogP contribution in [0.25, 0.3) is 0 Å². The Morgan fingerprint density at radius 1 is 0.667 bits per heavy atom. The first-order chi connectivity index (χ1) is 10.8. The van der Waals surface area contributed by atoms with Crippen LogP contribution in [0.3, 0.4) is 0 Å². The normalized spacial score (nSPS) is 16.4. The Bertz CT molecular complexity index is 253. The molecule has 3 heteroatoms. The van der Waals surface area contributed by atoms with Crippen molar-refractivity contribution < 1.29 is 13.9 Å². The summed E-state index contributed by atoms with van der Waals surface area (Å²) in [5.74, 6) is 0.758. The summed E-state index contributed by atoms with van der Waals surface area (Å²) in [5.41, 5.74) is -0.163. The summed E-state index contributed by atoms with van der Waals surface area (Å²) in [4.78, 5) is 0. The van der Waals surface area contributed by atoms with E-state index in [1.807, 2.05) is 34.6 Å². The molecule has 0 amide bonds. The van der Waals surface area contributed by atoms with E-state index in [0.29, 0.717) is 12.0 Å². The molecule has 3 atom stereocenters. The lowest BCUT2D eigenvalue weighted by Gasteiger charge is -2.29. The maximum atomic E-state index is 12.4. The third-order valence-corrected chi connectivity index (χ3v) is 4.18. The quantitative estimate of drug-likeness (QED) is 0.479. The summed E-state index contributed by atoms with van der Waals surface area (Å²) in [6, 6.07) is 0. The lowest BCUT2D eigenvalue weighted by atomic mass is 9.97. The SMILES string of the molecule is CCC(CC)C(C)OC(C)(C)C.CC[C@H](CF)C(C)OC(C)(C)C. The molecule has 0 heterocycles. The number of alkyl halides is 1. The zero-order valence-electron chi connectivity index (χ0n) is 18.3. The lowest BCUT2D eigenvalue weighted by Crippen LogP contribution is -2.31. The second-order valence-corrected chi connectivity index (χ2v) is 8.77. The summed E-state index contributed by atoms with van der Waals surface area (Å²) < 4.78 is 23.9. The Balaban J connectivity index is 0. The molecule has 0 aliphatic heterocycles. The summed E-state index contributed by atoms with van der Waals surface area (Å²) >= 11 is 0. The van der Waals surface area contributed by atoms with Crippen LogP contribution in [0.15, 0.2) is 0 Å². The summed E-state index contributed by atoms with van der Waals surface area (Å²) in [5, 5.41) is 0. The Kier molecular flexibility index (Phi) is 13.3. The molecular weight excluding hydrogens is 303 g/mol. The van der Waals surface area contributed by atoms with Crippen LogP contribution in [-0.2, 0) is 9.47 Å². The standard InChI is InChI=1S/C11H24O.C10H21FO/c1-7-10(8-2)9(3)12-11(4,5)6;1-6-9(7-11)8(2)12-10(3,4)5/h9-10H,7-8H2,1-6H3;8-9H,6-7H2,1-5H3/t;8?,9-/m.1/s1. The van der Waals surface area contributed by atoms with Crippen LogP contribution in [0.2, 0.25) is 0 Å². The average molecular weight is 349 g/mol. The van der Waals surface area contributed by atoms with Crippen molar-refractivity contribution in [3.05, 3.63) is 0 Å². The monoisotopic (exact) mass is 348 g/mol. The van der Waals surface area contributed by atoms with E-state index in [2.05, 4.69) is 41.5 Å². The van der Waals surface area contributed by atoms with Crippen molar-refractivity contribution in [1.29, 1.82) is 0 Å². The van der Waals surface area contributed by atoms with Gasteiger partial charge in [-0.3, -0.25) is 4.39 Å². The lowest BCUT2D eigenvalue weighted by molar-refractivity contribution is -0.0799. The van der Waals surface area contributed by atoms with Gasteiger partial charge >= 0.3 is 0 Å². The van der Waals surface area contributed by atoms with Crippen molar-refractivity contribution in [2.75, 3.05) is 6.67 Å². The first-order valence-corrected chi connectivity index (χ1v) is 9.72. The van der Waals surface area contributed by atoms with Gasteiger partial charge < -0.3 is 9.47 Å². The van der Waals surface area contributed by atoms with Gasteiger partial charge in [-0.2, -0.15) is 0 Å². The molecule has 0 bridgehead atoms. The van der Waals surface area contributed by atoms with Crippen molar-refractivity contribution in [2.24, 2.45) is 11.8 Å². The summed E-state index contributed by atoms with van der Waals surface area (Å²) in [6.07, 6.45) is 3.68. The van der Waals surface area contributed by atoms with Crippen LogP contribution in [0.5, 0.6) is 0 Å². The molecule has 0 radical (unpaired) electrons. The first-order valence-electron chi connectivity index (χ1n) is 9.72. The molecule has 0 rings (SSSR count). The van der Waals surface area contributed by atoms with Gasteiger partial charge in [0.2, 0.25) is 0 Å². The number of ether oxygens (including phenoxy) is 2. The largest absolute Gasteiger partial charge is 0.373 e. The van der Waals surface area contributed by atoms with Gasteiger partial charge in [0.1, 0.15) is 0 Å². The predicted molar refractivity (Wildman–Crippen MR) is 104 cm³/mol. The van der Waals surface area contributed by atoms with E-state index in [0.717, 1.165) is 6.42 Å². The maximum Gasteiger partial charge on any atom is 0.0947 e. The highest BCUT2D eigenvalue weighted by Crippen LogP contribution is 2.21. The number of hydrogen-bond acceptors (Lipinski definition) is 2. The number of rotatable bonds is 8. The van der Waals surface area contributed by atoms with Crippen molar-refractivity contribution in [1.82, 2.24) is 0 Å². The molecule has 2 unspecified atom stereocenters. The van der Waals surface area contributed by atoms with Gasteiger partial charge in [-0.15, -0.1) is 0 Å². The van der Waals surface area contributed by atoms with Gasteiger partial charge in [-0.25, -0.2) is 0 Å². The van der Waals surface area contributed by atoms with Crippen LogP contribution in [-0.4, -0.2) is 30.1 Å². The smallest absolute Gasteiger partial charge is 0.0947 e. The minimum atomic E-state index is -0.284. The molecule has 0 N–H and O–H groups in total. The van der Waals surface area contributed by atoms with Gasteiger partial charge in [-0.1, -0.05) is 33.6 Å². The van der Waals surface area contributed by atoms with E-state index in [4.69, 9.17) is 9.47 Å². The number of hydrogen-bond donors (Lipinski definition) is 0. The Morgan fingerprint density at radius 2 is 0.958 bits per heavy atom. The zero-order chi connectivity index (χ0) is 19.6. The molecule has 0 fully saturated rings. The highest BCUT2D eigenvalue weighted by Gasteiger charge is 2.22. The molecule has 24 heavy (non-hydrogen) atoms. The minimum Gasteiger partial charge on any atom is -0.373 e. The summed E-state index contributed by atoms with van der Waals surface area (Å²) in [6.45, 7) is 22.6. The van der Waals surface area contributed by atoms with Gasteiger partial charge in [-0.05, 0) is 67.7 Å². The second-order valence-electron chi connectivity index (χ2n) is 8.77. The highest BCUT2D eigenvalue weighted by molar-refractivity contribution is 4.69. The van der Waals surface area contributed by atoms with Gasteiger partial charge in [0, 0.05) is 5.92 Å². The second kappa shape index (κ2) is 12.2. The van der Waals surface area contributed by atoms with Gasteiger partial charge in [0.15, 0.2) is 0 Å². The van der Waals surface area contributed by atoms with E-state index in [1.54, 1.807) is 0 Å². The van der Waals surface area contributed by atoms with E-state index < -0.39 is 0 Å². The molecule has 0 aromatic carbocycles. The molecule has 148 valence electrons. The Labute approximate surface area is 151 Å². The fourth-order valence-electron chi connectivity index (χ4n) is 2.83. The molecular formula is C21H45FO2. The highest BCUT2D eigenvalue weighted by atomic mass is 19.1. The van der Waals surface area contributed by atoms with Crippen LogP contribution in [0.1, 0.15) is 95.4 Å². The molecule has 0 saturated heterocycles. The topological polar surface area (TPSA) is 18.5 Å². The van der Waals surface area contributed by atoms with E-state index in [1.165, 1.54) is 12.8 Å². The van der Waals surface area contributed by atoms with Crippen molar-refractivity contribution in [3.63, 3.8) is 0 Å². The molecule has 0 aliphatic rings. The summed E-state index contributed by atoms with van der Waals surface area (Å²) in [7, 11) is 0. The van der Waals surface area contributed by atoms with Crippen molar-refractivity contribution in [3.8, 4) is 0 Å². The minimum absolute atomic E-state index is 0.00199. The van der Waals surface area contributed by atoms with E-state index in [9.17, 15) is 4.39 Å². The van der Waals surface area contributed by atoms with Crippen molar-refractivity contribution >= 4 is 0 Å². The Hall–Kier alpha value is -0.150. The number of halogens is 1. The molecule has 0 spiro atoms. The van der Waals surface area contributed by atoms with E-state index in [-0.39, 0.29) is 29.9 Å². The fourth-order valence-corrected chi connectivity index (χ4v) is 2.83. The van der Waals surface area contributed by atoms with Crippen LogP contribution < -0.4 is 0 Å². The van der Waals surface area contributed by atoms with Crippen LogP contribution in [0.4, 0.5) is 4.39 Å². The van der Waals surface area contributed by atoms with E-state index >= 15 is 0 Å². The molecule has 2 nitrogen and oxygen atoms in total. The molecule has 0 aromatic heterocycles. The Morgan fingerprint density at radius 3 is 1.17 bits per heavy atom. The maximum absolute atomic E-state index is 12.4. The molecule has 0 aliphatic carbocycles. The first kappa shape index (κ1) is 26.1. The average Bonchev–Trinajstić information content (AvgIpc) is 2.38. The van der Waals surface area contributed by atoms with Crippen molar-refractivity contribution in [2.45, 2.75) is 119 Å². The molecule has 0 aromatic rings. The third-order valence-electron chi connectivity index (χ3n) is 4.18. The molecule has 0 saturated carbocycles. The third kappa shape index (κ3) is 14.2. The van der Waals surface area contributed by atoms with Gasteiger partial charge in [0.05, 0.1) is 30.1 Å². The van der Waals surface area contributed by atoms with Crippen LogP contribution in [0, 0.1) is 11.8 Å². The van der Waals surface area contributed by atoms with Gasteiger partial charge in [0.25, 0.3) is 0 Å². The van der Waals surface area contributed by atoms with Crippen LogP contribution >= 0.6 is 0 Å².